The zero-order valence-corrected chi connectivity index (χ0v) is 19.3. The van der Waals surface area contributed by atoms with E-state index in [1.54, 1.807) is 6.92 Å². The van der Waals surface area contributed by atoms with Crippen molar-refractivity contribution >= 4 is 41.3 Å². The zero-order chi connectivity index (χ0) is 23.0. The molecule has 0 saturated carbocycles. The second kappa shape index (κ2) is 9.46. The van der Waals surface area contributed by atoms with Crippen LogP contribution in [0.15, 0.2) is 40.3 Å². The van der Waals surface area contributed by atoms with Gasteiger partial charge in [-0.1, -0.05) is 49.0 Å². The molecule has 3 aliphatic rings. The predicted octanol–water partition coefficient (Wildman–Crippen LogP) is 1.45. The van der Waals surface area contributed by atoms with Crippen molar-refractivity contribution in [2.24, 2.45) is 11.7 Å². The number of carboxylic acid groups (broad SMARTS) is 1. The molecule has 3 heterocycles. The first-order valence-corrected chi connectivity index (χ1v) is 12.5. The predicted molar refractivity (Wildman–Crippen MR) is 123 cm³/mol. The fraction of sp³-hybridized carbons (Fsp3) is 0.500. The van der Waals surface area contributed by atoms with E-state index in [0.29, 0.717) is 30.2 Å². The summed E-state index contributed by atoms with van der Waals surface area (Å²) < 4.78 is 0.604. The minimum atomic E-state index is -1.13. The minimum Gasteiger partial charge on any atom is -0.477 e. The third-order valence-corrected chi connectivity index (χ3v) is 9.13. The smallest absolute Gasteiger partial charge is 0.354 e. The Morgan fingerprint density at radius 3 is 2.66 bits per heavy atom. The lowest BCUT2D eigenvalue weighted by Crippen LogP contribution is -2.61. The highest BCUT2D eigenvalue weighted by Gasteiger charge is 2.58. The van der Waals surface area contributed by atoms with Crippen molar-refractivity contribution in [1.82, 2.24) is 9.80 Å². The summed E-state index contributed by atoms with van der Waals surface area (Å²) in [5, 5.41) is 19.6. The average Bonchev–Trinajstić information content (AvgIpc) is 3.35. The van der Waals surface area contributed by atoms with Crippen molar-refractivity contribution in [3.05, 3.63) is 45.8 Å². The summed E-state index contributed by atoms with van der Waals surface area (Å²) >= 11 is 2.81. The number of β-lactam (4-membered cyclic amide) rings is 1. The van der Waals surface area contributed by atoms with Crippen molar-refractivity contribution in [2.45, 2.75) is 49.0 Å². The van der Waals surface area contributed by atoms with E-state index in [4.69, 9.17) is 5.73 Å². The summed E-state index contributed by atoms with van der Waals surface area (Å²) in [6.45, 7) is 3.11. The van der Waals surface area contributed by atoms with Gasteiger partial charge < -0.3 is 15.9 Å². The highest BCUT2D eigenvalue weighted by Crippen LogP contribution is 2.55. The maximum Gasteiger partial charge on any atom is 0.354 e. The number of carboxylic acids is 1. The molecule has 0 aliphatic carbocycles. The maximum absolute atomic E-state index is 12.5. The van der Waals surface area contributed by atoms with Crippen molar-refractivity contribution in [3.8, 4) is 0 Å². The number of nitrogens with zero attached hydrogens (tertiary/aromatic N) is 2. The van der Waals surface area contributed by atoms with Crippen LogP contribution in [0.25, 0.3) is 0 Å². The standard InChI is InChI=1S/C22H27N3O5S2/c1-2-15(26)16-19(28)25-17(21(29)30)22(32-20(16)25)31-13-8-9-24(11-13)14(18(23)27)10-12-6-4-3-5-7-12/h3-7,13-16,20,26H,2,8-11H2,1H3,(H2,23,27)(H,29,30)/t13-,14?,15-,16+,20+/m0/s1. The molecule has 0 spiro atoms. The Balaban J connectivity index is 1.44. The second-order valence-corrected chi connectivity index (χ2v) is 11.0. The first-order chi connectivity index (χ1) is 15.3. The number of benzene rings is 1. The quantitative estimate of drug-likeness (QED) is 0.457. The van der Waals surface area contributed by atoms with E-state index in [2.05, 4.69) is 4.90 Å². The molecule has 4 rings (SSSR count). The SMILES string of the molecule is CC[C@H](O)[C@@H]1C(=O)N2C(C(=O)O)=C(S[C@H]3CCN(C(Cc4ccccc4)C(N)=O)C3)S[C@H]12. The van der Waals surface area contributed by atoms with Gasteiger partial charge in [0.05, 0.1) is 22.3 Å². The number of hydrogen-bond donors (Lipinski definition) is 3. The molecule has 172 valence electrons. The molecule has 3 aliphatic heterocycles. The lowest BCUT2D eigenvalue weighted by atomic mass is 9.90. The van der Waals surface area contributed by atoms with Crippen LogP contribution in [0.5, 0.6) is 0 Å². The number of thioether (sulfide) groups is 2. The van der Waals surface area contributed by atoms with E-state index in [-0.39, 0.29) is 28.1 Å². The fourth-order valence-electron chi connectivity index (χ4n) is 4.53. The van der Waals surface area contributed by atoms with Gasteiger partial charge in [-0.25, -0.2) is 4.79 Å². The molecule has 5 atom stereocenters. The normalized spacial score (nSPS) is 27.2. The number of likely N-dealkylation sites (tertiary alicyclic amines) is 1. The molecule has 2 fully saturated rings. The van der Waals surface area contributed by atoms with Crippen molar-refractivity contribution in [1.29, 1.82) is 0 Å². The molecule has 1 aromatic rings. The Kier molecular flexibility index (Phi) is 6.85. The lowest BCUT2D eigenvalue weighted by Gasteiger charge is -2.44. The van der Waals surface area contributed by atoms with Crippen LogP contribution in [0.2, 0.25) is 0 Å². The van der Waals surface area contributed by atoms with Gasteiger partial charge in [-0.3, -0.25) is 19.4 Å². The molecule has 0 bridgehead atoms. The van der Waals surface area contributed by atoms with Crippen LogP contribution in [-0.2, 0) is 20.8 Å². The Bertz CT molecular complexity index is 941. The lowest BCUT2D eigenvalue weighted by molar-refractivity contribution is -0.157. The zero-order valence-electron chi connectivity index (χ0n) is 17.7. The molecule has 2 amide bonds. The monoisotopic (exact) mass is 477 g/mol. The number of primary amides is 1. The van der Waals surface area contributed by atoms with Gasteiger partial charge in [0.2, 0.25) is 11.8 Å². The molecule has 32 heavy (non-hydrogen) atoms. The number of fused-ring (bicyclic) bond motifs is 1. The number of aliphatic hydroxyl groups is 1. The summed E-state index contributed by atoms with van der Waals surface area (Å²) in [7, 11) is 0. The largest absolute Gasteiger partial charge is 0.477 e. The van der Waals surface area contributed by atoms with Crippen LogP contribution in [0.3, 0.4) is 0 Å². The van der Waals surface area contributed by atoms with Gasteiger partial charge in [-0.2, -0.15) is 0 Å². The number of hydrogen-bond acceptors (Lipinski definition) is 7. The summed E-state index contributed by atoms with van der Waals surface area (Å²) in [5.41, 5.74) is 6.76. The third-order valence-electron chi connectivity index (χ3n) is 6.27. The van der Waals surface area contributed by atoms with Gasteiger partial charge in [0.25, 0.3) is 0 Å². The van der Waals surface area contributed by atoms with Gasteiger partial charge in [0.1, 0.15) is 5.37 Å². The number of amides is 2. The van der Waals surface area contributed by atoms with E-state index in [0.717, 1.165) is 12.0 Å². The third kappa shape index (κ3) is 4.28. The molecule has 0 aromatic heterocycles. The first-order valence-electron chi connectivity index (χ1n) is 10.7. The number of carbonyl (C=O) groups excluding carboxylic acids is 2. The highest BCUT2D eigenvalue weighted by atomic mass is 32.2. The summed E-state index contributed by atoms with van der Waals surface area (Å²) in [5.74, 6) is -2.39. The van der Waals surface area contributed by atoms with Crippen LogP contribution in [0, 0.1) is 5.92 Å². The number of nitrogens with two attached hydrogens (primary N) is 1. The fourth-order valence-corrected chi connectivity index (χ4v) is 7.82. The molecule has 2 saturated heterocycles. The summed E-state index contributed by atoms with van der Waals surface area (Å²) in [6, 6.07) is 9.31. The van der Waals surface area contributed by atoms with E-state index in [1.165, 1.54) is 28.4 Å². The van der Waals surface area contributed by atoms with Crippen molar-refractivity contribution in [2.75, 3.05) is 13.1 Å². The van der Waals surface area contributed by atoms with E-state index >= 15 is 0 Å². The molecule has 4 N–H and O–H groups in total. The van der Waals surface area contributed by atoms with Crippen LogP contribution in [0.4, 0.5) is 0 Å². The van der Waals surface area contributed by atoms with Gasteiger partial charge in [-0.15, -0.1) is 11.8 Å². The molecule has 1 unspecified atom stereocenters. The molecule has 0 radical (unpaired) electrons. The Labute approximate surface area is 195 Å². The number of aliphatic carboxylic acids is 1. The van der Waals surface area contributed by atoms with Gasteiger partial charge in [0.15, 0.2) is 5.70 Å². The van der Waals surface area contributed by atoms with Crippen LogP contribution >= 0.6 is 23.5 Å². The topological polar surface area (TPSA) is 124 Å². The van der Waals surface area contributed by atoms with E-state index in [9.17, 15) is 24.6 Å². The Morgan fingerprint density at radius 1 is 1.31 bits per heavy atom. The van der Waals surface area contributed by atoms with Gasteiger partial charge in [-0.05, 0) is 24.8 Å². The second-order valence-electron chi connectivity index (χ2n) is 8.29. The first kappa shape index (κ1) is 23.2. The van der Waals surface area contributed by atoms with E-state index in [1.807, 2.05) is 30.3 Å². The minimum absolute atomic E-state index is 0.0174. The molecular weight excluding hydrogens is 450 g/mol. The molecule has 8 nitrogen and oxygen atoms in total. The summed E-state index contributed by atoms with van der Waals surface area (Å²) in [6.07, 6.45) is 0.998. The molecule has 10 heteroatoms. The van der Waals surface area contributed by atoms with Crippen molar-refractivity contribution < 1.29 is 24.6 Å². The van der Waals surface area contributed by atoms with Crippen LogP contribution < -0.4 is 5.73 Å². The van der Waals surface area contributed by atoms with Gasteiger partial charge >= 0.3 is 5.97 Å². The maximum atomic E-state index is 12.5. The highest BCUT2D eigenvalue weighted by molar-refractivity contribution is 8.23. The number of carbonyl (C=O) groups is 3. The van der Waals surface area contributed by atoms with Gasteiger partial charge in [0, 0.05) is 18.3 Å². The number of aliphatic hydroxyl groups excluding tert-OH is 1. The van der Waals surface area contributed by atoms with Crippen LogP contribution in [0.1, 0.15) is 25.3 Å². The van der Waals surface area contributed by atoms with Crippen LogP contribution in [-0.4, -0.2) is 73.7 Å². The van der Waals surface area contributed by atoms with Crippen molar-refractivity contribution in [3.63, 3.8) is 0 Å². The summed E-state index contributed by atoms with van der Waals surface area (Å²) in [4.78, 5) is 40.0. The average molecular weight is 478 g/mol. The molecular formula is C22H27N3O5S2. The Morgan fingerprint density at radius 2 is 2.03 bits per heavy atom. The Hall–Kier alpha value is -2.01. The molecule has 1 aromatic carbocycles. The van der Waals surface area contributed by atoms with E-state index < -0.39 is 24.0 Å². The number of rotatable bonds is 9.